The van der Waals surface area contributed by atoms with Crippen LogP contribution >= 0.6 is 22.9 Å². The van der Waals surface area contributed by atoms with Crippen LogP contribution in [0.4, 0.5) is 10.7 Å². The molecule has 0 aliphatic heterocycles. The number of benzene rings is 2. The first-order chi connectivity index (χ1) is 14.4. The molecule has 0 fully saturated rings. The van der Waals surface area contributed by atoms with E-state index in [0.29, 0.717) is 26.7 Å². The van der Waals surface area contributed by atoms with Crippen molar-refractivity contribution in [1.29, 1.82) is 0 Å². The summed E-state index contributed by atoms with van der Waals surface area (Å²) in [4.78, 5) is 38.3. The Balaban J connectivity index is 1.94. The lowest BCUT2D eigenvalue weighted by molar-refractivity contribution is 0.0527. The number of ether oxygens (including phenoxy) is 1. The Morgan fingerprint density at radius 2 is 1.73 bits per heavy atom. The van der Waals surface area contributed by atoms with Crippen molar-refractivity contribution in [3.8, 4) is 0 Å². The van der Waals surface area contributed by atoms with E-state index in [0.717, 1.165) is 11.3 Å². The highest BCUT2D eigenvalue weighted by atomic mass is 35.5. The maximum Gasteiger partial charge on any atom is 0.341 e. The van der Waals surface area contributed by atoms with E-state index in [1.165, 1.54) is 0 Å². The van der Waals surface area contributed by atoms with E-state index in [2.05, 4.69) is 10.6 Å². The van der Waals surface area contributed by atoms with Gasteiger partial charge in [-0.1, -0.05) is 35.9 Å². The Labute approximate surface area is 182 Å². The largest absolute Gasteiger partial charge is 0.462 e. The Kier molecular flexibility index (Phi) is 6.87. The van der Waals surface area contributed by atoms with E-state index < -0.39 is 11.9 Å². The van der Waals surface area contributed by atoms with Gasteiger partial charge in [0.1, 0.15) is 5.00 Å². The molecule has 2 aromatic carbocycles. The van der Waals surface area contributed by atoms with Crippen LogP contribution in [0, 0.1) is 6.92 Å². The van der Waals surface area contributed by atoms with Gasteiger partial charge in [-0.3, -0.25) is 9.59 Å². The van der Waals surface area contributed by atoms with Crippen LogP contribution in [0.15, 0.2) is 54.6 Å². The fourth-order valence-corrected chi connectivity index (χ4v) is 4.06. The molecule has 0 aliphatic rings. The van der Waals surface area contributed by atoms with Gasteiger partial charge in [-0.15, -0.1) is 11.3 Å². The molecule has 0 saturated carbocycles. The van der Waals surface area contributed by atoms with Crippen LogP contribution in [0.1, 0.15) is 42.9 Å². The van der Waals surface area contributed by atoms with Crippen LogP contribution in [-0.2, 0) is 4.74 Å². The molecule has 154 valence electrons. The third-order valence-electron chi connectivity index (χ3n) is 4.18. The summed E-state index contributed by atoms with van der Waals surface area (Å²) >= 11 is 6.99. The summed E-state index contributed by atoms with van der Waals surface area (Å²) in [7, 11) is 0. The number of hydrogen-bond donors (Lipinski definition) is 2. The molecular weight excluding hydrogens is 424 g/mol. The minimum Gasteiger partial charge on any atom is -0.462 e. The number of esters is 1. The average molecular weight is 443 g/mol. The molecule has 0 bridgehead atoms. The van der Waals surface area contributed by atoms with Crippen LogP contribution in [0.5, 0.6) is 0 Å². The maximum absolute atomic E-state index is 12.8. The lowest BCUT2D eigenvalue weighted by atomic mass is 10.1. The highest BCUT2D eigenvalue weighted by molar-refractivity contribution is 7.19. The summed E-state index contributed by atoms with van der Waals surface area (Å²) < 4.78 is 5.13. The third kappa shape index (κ3) is 4.87. The zero-order valence-electron chi connectivity index (χ0n) is 16.3. The molecule has 0 radical (unpaired) electrons. The monoisotopic (exact) mass is 442 g/mol. The van der Waals surface area contributed by atoms with Crippen LogP contribution in [-0.4, -0.2) is 24.4 Å². The summed E-state index contributed by atoms with van der Waals surface area (Å²) in [6.45, 7) is 3.51. The summed E-state index contributed by atoms with van der Waals surface area (Å²) in [5.41, 5.74) is 1.56. The number of thiophene rings is 1. The van der Waals surface area contributed by atoms with Crippen LogP contribution in [0.25, 0.3) is 0 Å². The number of amides is 2. The molecule has 1 aromatic heterocycles. The predicted octanol–water partition coefficient (Wildman–Crippen LogP) is 5.39. The molecule has 0 atom stereocenters. The van der Waals surface area contributed by atoms with Crippen LogP contribution in [0.2, 0.25) is 5.02 Å². The van der Waals surface area contributed by atoms with Gasteiger partial charge < -0.3 is 15.4 Å². The van der Waals surface area contributed by atoms with Gasteiger partial charge >= 0.3 is 5.97 Å². The number of rotatable bonds is 6. The normalized spacial score (nSPS) is 10.4. The second kappa shape index (κ2) is 9.56. The summed E-state index contributed by atoms with van der Waals surface area (Å²) in [5, 5.41) is 6.24. The van der Waals surface area contributed by atoms with Gasteiger partial charge in [0.2, 0.25) is 0 Å². The van der Waals surface area contributed by atoms with Gasteiger partial charge in [0.05, 0.1) is 17.0 Å². The van der Waals surface area contributed by atoms with Gasteiger partial charge in [-0.05, 0) is 49.7 Å². The Morgan fingerprint density at radius 1 is 1.00 bits per heavy atom. The van der Waals surface area contributed by atoms with E-state index in [4.69, 9.17) is 16.3 Å². The van der Waals surface area contributed by atoms with Crippen molar-refractivity contribution in [2.75, 3.05) is 17.2 Å². The second-order valence-corrected chi connectivity index (χ2v) is 7.72. The highest BCUT2D eigenvalue weighted by Crippen LogP contribution is 2.34. The van der Waals surface area contributed by atoms with Crippen molar-refractivity contribution in [2.45, 2.75) is 13.8 Å². The molecule has 1 heterocycles. The number of carbonyl (C=O) groups is 3. The molecule has 0 saturated heterocycles. The van der Waals surface area contributed by atoms with Crippen molar-refractivity contribution in [2.24, 2.45) is 0 Å². The van der Waals surface area contributed by atoms with Crippen LogP contribution in [0.3, 0.4) is 0 Å². The zero-order chi connectivity index (χ0) is 21.7. The van der Waals surface area contributed by atoms with Crippen molar-refractivity contribution >= 4 is 51.4 Å². The van der Waals surface area contributed by atoms with Crippen molar-refractivity contribution < 1.29 is 19.1 Å². The molecule has 3 rings (SSSR count). The van der Waals surface area contributed by atoms with E-state index >= 15 is 0 Å². The quantitative estimate of drug-likeness (QED) is 0.501. The van der Waals surface area contributed by atoms with E-state index in [1.54, 1.807) is 68.4 Å². The van der Waals surface area contributed by atoms with Crippen molar-refractivity contribution in [3.63, 3.8) is 0 Å². The zero-order valence-corrected chi connectivity index (χ0v) is 17.9. The minimum atomic E-state index is -0.601. The number of halogens is 1. The fraction of sp³-hybridized carbons (Fsp3) is 0.136. The molecule has 3 aromatic rings. The summed E-state index contributed by atoms with van der Waals surface area (Å²) in [6.07, 6.45) is 0. The first-order valence-electron chi connectivity index (χ1n) is 9.14. The van der Waals surface area contributed by atoms with E-state index in [9.17, 15) is 14.4 Å². The first-order valence-corrected chi connectivity index (χ1v) is 10.3. The van der Waals surface area contributed by atoms with Gasteiger partial charge in [-0.2, -0.15) is 0 Å². The summed E-state index contributed by atoms with van der Waals surface area (Å²) in [6, 6.07) is 15.3. The molecule has 6 nitrogen and oxygen atoms in total. The molecule has 2 N–H and O–H groups in total. The number of carbonyl (C=O) groups excluding carboxylic acids is 3. The average Bonchev–Trinajstić information content (AvgIpc) is 3.05. The maximum atomic E-state index is 12.8. The molecule has 30 heavy (non-hydrogen) atoms. The first kappa shape index (κ1) is 21.5. The van der Waals surface area contributed by atoms with Crippen molar-refractivity contribution in [1.82, 2.24) is 0 Å². The highest BCUT2D eigenvalue weighted by Gasteiger charge is 2.27. The van der Waals surface area contributed by atoms with Gasteiger partial charge in [-0.25, -0.2) is 4.79 Å². The van der Waals surface area contributed by atoms with Crippen molar-refractivity contribution in [3.05, 3.63) is 81.2 Å². The molecule has 2 amide bonds. The predicted molar refractivity (Wildman–Crippen MR) is 119 cm³/mol. The molecule has 0 aliphatic carbocycles. The van der Waals surface area contributed by atoms with Gasteiger partial charge in [0, 0.05) is 16.3 Å². The SMILES string of the molecule is CCOC(=O)c1c(NC(=O)c2ccccc2)sc(C(=O)Nc2cccc(Cl)c2)c1C. The fourth-order valence-electron chi connectivity index (χ4n) is 2.79. The summed E-state index contributed by atoms with van der Waals surface area (Å²) in [5.74, 6) is -1.40. The standard InChI is InChI=1S/C22H19ClN2O4S/c1-3-29-22(28)17-13(2)18(20(27)24-16-11-7-10-15(23)12-16)30-21(17)25-19(26)14-8-5-4-6-9-14/h4-12H,3H2,1-2H3,(H,24,27)(H,25,26). The Bertz CT molecular complexity index is 1100. The lowest BCUT2D eigenvalue weighted by Crippen LogP contribution is -2.15. The van der Waals surface area contributed by atoms with E-state index in [-0.39, 0.29) is 23.1 Å². The smallest absolute Gasteiger partial charge is 0.341 e. The Hall–Kier alpha value is -3.16. The minimum absolute atomic E-state index is 0.169. The lowest BCUT2D eigenvalue weighted by Gasteiger charge is -2.07. The second-order valence-electron chi connectivity index (χ2n) is 6.27. The molecular formula is C22H19ClN2O4S. The number of anilines is 2. The third-order valence-corrected chi connectivity index (χ3v) is 5.62. The topological polar surface area (TPSA) is 84.5 Å². The van der Waals surface area contributed by atoms with Gasteiger partial charge in [0.25, 0.3) is 11.8 Å². The number of hydrogen-bond acceptors (Lipinski definition) is 5. The number of nitrogens with one attached hydrogen (secondary N) is 2. The molecule has 8 heteroatoms. The van der Waals surface area contributed by atoms with E-state index in [1.807, 2.05) is 0 Å². The molecule has 0 spiro atoms. The van der Waals surface area contributed by atoms with Crippen LogP contribution < -0.4 is 10.6 Å². The van der Waals surface area contributed by atoms with Gasteiger partial charge in [0.15, 0.2) is 0 Å². The Morgan fingerprint density at radius 3 is 2.40 bits per heavy atom. The molecule has 0 unspecified atom stereocenters.